The van der Waals surface area contributed by atoms with Crippen LogP contribution in [0.25, 0.3) is 11.1 Å². The van der Waals surface area contributed by atoms with Gasteiger partial charge in [0.15, 0.2) is 0 Å². The molecule has 0 spiro atoms. The maximum Gasteiger partial charge on any atom is 0.0654 e. The van der Waals surface area contributed by atoms with E-state index in [1.54, 1.807) is 0 Å². The number of benzene rings is 2. The summed E-state index contributed by atoms with van der Waals surface area (Å²) < 4.78 is 0. The normalized spacial score (nSPS) is 12.3. The predicted molar refractivity (Wildman–Crippen MR) is 75.1 cm³/mol. The molecule has 0 aliphatic carbocycles. The molecule has 94 valence electrons. The van der Waals surface area contributed by atoms with Crippen LogP contribution >= 0.6 is 0 Å². The number of hydrogen-bond donors (Lipinski definition) is 1. The Hall–Kier alpha value is -1.64. The van der Waals surface area contributed by atoms with Crippen molar-refractivity contribution >= 4 is 0 Å². The van der Waals surface area contributed by atoms with E-state index in [0.29, 0.717) is 6.61 Å². The van der Waals surface area contributed by atoms with Crippen molar-refractivity contribution in [2.24, 2.45) is 0 Å². The molecule has 2 nitrogen and oxygen atoms in total. The zero-order chi connectivity index (χ0) is 12.8. The first kappa shape index (κ1) is 12.8. The molecule has 0 aliphatic heterocycles. The highest BCUT2D eigenvalue weighted by Crippen LogP contribution is 2.21. The van der Waals surface area contributed by atoms with E-state index in [0.717, 1.165) is 0 Å². The van der Waals surface area contributed by atoms with Crippen LogP contribution in [-0.4, -0.2) is 6.61 Å². The van der Waals surface area contributed by atoms with Gasteiger partial charge < -0.3 is 4.84 Å². The van der Waals surface area contributed by atoms with E-state index in [4.69, 9.17) is 4.84 Å². The van der Waals surface area contributed by atoms with E-state index in [1.807, 2.05) is 13.0 Å². The lowest BCUT2D eigenvalue weighted by Gasteiger charge is -2.13. The monoisotopic (exact) mass is 241 g/mol. The van der Waals surface area contributed by atoms with Gasteiger partial charge in [-0.15, -0.1) is 0 Å². The number of nitrogens with one attached hydrogen (secondary N) is 1. The summed E-state index contributed by atoms with van der Waals surface area (Å²) in [4.78, 5) is 5.21. The van der Waals surface area contributed by atoms with Crippen molar-refractivity contribution < 1.29 is 4.84 Å². The SMILES string of the molecule is CCONC(C)c1ccc(-c2ccccc2)cc1. The van der Waals surface area contributed by atoms with Gasteiger partial charge in [-0.1, -0.05) is 54.6 Å². The topological polar surface area (TPSA) is 21.3 Å². The highest BCUT2D eigenvalue weighted by Gasteiger charge is 2.04. The average Bonchev–Trinajstić information content (AvgIpc) is 2.46. The molecule has 0 radical (unpaired) electrons. The first-order chi connectivity index (χ1) is 8.81. The summed E-state index contributed by atoms with van der Waals surface area (Å²) >= 11 is 0. The molecule has 0 bridgehead atoms. The van der Waals surface area contributed by atoms with Gasteiger partial charge in [-0.2, -0.15) is 5.48 Å². The van der Waals surface area contributed by atoms with Crippen LogP contribution < -0.4 is 5.48 Å². The third-order valence-corrected chi connectivity index (χ3v) is 2.92. The highest BCUT2D eigenvalue weighted by atomic mass is 16.6. The predicted octanol–water partition coefficient (Wildman–Crippen LogP) is 3.96. The van der Waals surface area contributed by atoms with E-state index >= 15 is 0 Å². The van der Waals surface area contributed by atoms with Crippen LogP contribution in [0.4, 0.5) is 0 Å². The Bertz CT molecular complexity index is 464. The Labute approximate surface area is 109 Å². The maximum atomic E-state index is 5.21. The molecule has 2 heteroatoms. The second kappa shape index (κ2) is 6.34. The number of hydrogen-bond acceptors (Lipinski definition) is 2. The molecule has 0 fully saturated rings. The van der Waals surface area contributed by atoms with Gasteiger partial charge in [0, 0.05) is 0 Å². The van der Waals surface area contributed by atoms with E-state index < -0.39 is 0 Å². The van der Waals surface area contributed by atoms with Crippen LogP contribution in [0, 0.1) is 0 Å². The Morgan fingerprint density at radius 2 is 1.56 bits per heavy atom. The first-order valence-electron chi connectivity index (χ1n) is 6.34. The molecule has 0 saturated heterocycles. The Kier molecular flexibility index (Phi) is 4.51. The van der Waals surface area contributed by atoms with Crippen LogP contribution in [-0.2, 0) is 4.84 Å². The van der Waals surface area contributed by atoms with Crippen LogP contribution in [0.3, 0.4) is 0 Å². The molecule has 1 atom stereocenters. The molecular formula is C16H19NO. The minimum absolute atomic E-state index is 0.203. The maximum absolute atomic E-state index is 5.21. The van der Waals surface area contributed by atoms with Crippen molar-refractivity contribution in [2.45, 2.75) is 19.9 Å². The van der Waals surface area contributed by atoms with Gasteiger partial charge in [-0.05, 0) is 30.5 Å². The highest BCUT2D eigenvalue weighted by molar-refractivity contribution is 5.63. The summed E-state index contributed by atoms with van der Waals surface area (Å²) in [6.45, 7) is 4.73. The summed E-state index contributed by atoms with van der Waals surface area (Å²) in [6.07, 6.45) is 0. The Morgan fingerprint density at radius 1 is 0.944 bits per heavy atom. The Balaban J connectivity index is 2.10. The van der Waals surface area contributed by atoms with Crippen molar-refractivity contribution in [3.8, 4) is 11.1 Å². The van der Waals surface area contributed by atoms with Gasteiger partial charge in [0.1, 0.15) is 0 Å². The fraction of sp³-hybridized carbons (Fsp3) is 0.250. The summed E-state index contributed by atoms with van der Waals surface area (Å²) in [5.74, 6) is 0. The fourth-order valence-corrected chi connectivity index (χ4v) is 1.87. The summed E-state index contributed by atoms with van der Waals surface area (Å²) in [6, 6.07) is 19.2. The molecule has 18 heavy (non-hydrogen) atoms. The smallest absolute Gasteiger partial charge is 0.0654 e. The summed E-state index contributed by atoms with van der Waals surface area (Å²) in [5, 5.41) is 0. The fourth-order valence-electron chi connectivity index (χ4n) is 1.87. The minimum Gasteiger partial charge on any atom is -0.302 e. The second-order valence-electron chi connectivity index (χ2n) is 4.26. The standard InChI is InChI=1S/C16H19NO/c1-3-18-17-13(2)14-9-11-16(12-10-14)15-7-5-4-6-8-15/h4-13,17H,3H2,1-2H3. The molecule has 0 saturated carbocycles. The molecular weight excluding hydrogens is 222 g/mol. The van der Waals surface area contributed by atoms with Gasteiger partial charge >= 0.3 is 0 Å². The molecule has 2 rings (SSSR count). The van der Waals surface area contributed by atoms with Crippen molar-refractivity contribution in [3.05, 3.63) is 60.2 Å². The van der Waals surface area contributed by atoms with Crippen LogP contribution in [0.2, 0.25) is 0 Å². The third kappa shape index (κ3) is 3.19. The van der Waals surface area contributed by atoms with Crippen molar-refractivity contribution in [1.82, 2.24) is 5.48 Å². The van der Waals surface area contributed by atoms with E-state index in [1.165, 1.54) is 16.7 Å². The summed E-state index contributed by atoms with van der Waals surface area (Å²) in [5.41, 5.74) is 6.72. The molecule has 0 aromatic heterocycles. The second-order valence-corrected chi connectivity index (χ2v) is 4.26. The van der Waals surface area contributed by atoms with Crippen LogP contribution in [0.15, 0.2) is 54.6 Å². The first-order valence-corrected chi connectivity index (χ1v) is 6.34. The van der Waals surface area contributed by atoms with Gasteiger partial charge in [0.25, 0.3) is 0 Å². The molecule has 2 aromatic rings. The van der Waals surface area contributed by atoms with Crippen LogP contribution in [0.5, 0.6) is 0 Å². The van der Waals surface area contributed by atoms with Crippen molar-refractivity contribution in [1.29, 1.82) is 0 Å². The van der Waals surface area contributed by atoms with Crippen LogP contribution in [0.1, 0.15) is 25.5 Å². The molecule has 0 aliphatic rings. The average molecular weight is 241 g/mol. The third-order valence-electron chi connectivity index (χ3n) is 2.92. The lowest BCUT2D eigenvalue weighted by Crippen LogP contribution is -2.18. The lowest BCUT2D eigenvalue weighted by molar-refractivity contribution is 0.0285. The quantitative estimate of drug-likeness (QED) is 0.800. The van der Waals surface area contributed by atoms with Crippen molar-refractivity contribution in [3.63, 3.8) is 0 Å². The Morgan fingerprint density at radius 3 is 2.17 bits per heavy atom. The zero-order valence-electron chi connectivity index (χ0n) is 10.9. The molecule has 2 aromatic carbocycles. The number of hydroxylamine groups is 1. The van der Waals surface area contributed by atoms with Gasteiger partial charge in [0.2, 0.25) is 0 Å². The molecule has 0 heterocycles. The van der Waals surface area contributed by atoms with Gasteiger partial charge in [-0.3, -0.25) is 0 Å². The minimum atomic E-state index is 0.203. The lowest BCUT2D eigenvalue weighted by atomic mass is 10.0. The molecule has 0 amide bonds. The van der Waals surface area contributed by atoms with Crippen molar-refractivity contribution in [2.75, 3.05) is 6.61 Å². The van der Waals surface area contributed by atoms with Gasteiger partial charge in [0.05, 0.1) is 12.6 Å². The van der Waals surface area contributed by atoms with Gasteiger partial charge in [-0.25, -0.2) is 0 Å². The molecule has 1 N–H and O–H groups in total. The largest absolute Gasteiger partial charge is 0.302 e. The molecule has 1 unspecified atom stereocenters. The zero-order valence-corrected chi connectivity index (χ0v) is 10.9. The van der Waals surface area contributed by atoms with E-state index in [9.17, 15) is 0 Å². The number of rotatable bonds is 5. The van der Waals surface area contributed by atoms with E-state index in [2.05, 4.69) is 60.9 Å². The summed E-state index contributed by atoms with van der Waals surface area (Å²) in [7, 11) is 0. The van der Waals surface area contributed by atoms with E-state index in [-0.39, 0.29) is 6.04 Å².